The van der Waals surface area contributed by atoms with Gasteiger partial charge in [0, 0.05) is 12.8 Å². The molecule has 0 aromatic carbocycles. The number of hydrogen-bond acceptors (Lipinski definition) is 14. The third-order valence-corrected chi connectivity index (χ3v) is 12.2. The molecule has 1 fully saturated rings. The fourth-order valence-corrected chi connectivity index (χ4v) is 8.32. The van der Waals surface area contributed by atoms with E-state index in [1.807, 2.05) is 18.2 Å². The Morgan fingerprint density at radius 3 is 1.41 bits per heavy atom. The van der Waals surface area contributed by atoms with Crippen molar-refractivity contribution in [2.75, 3.05) is 13.2 Å². The molecule has 0 aliphatic heterocycles. The summed E-state index contributed by atoms with van der Waals surface area (Å²) < 4.78 is 49.3. The standard InChI is InChI=1S/C51H84O17P2/c1-3-4-5-6-7-8-9-10-11-12-13-14-17-21-24-27-30-33-36-39-45(54)66-43(41-65-70(62,63)68-51-48(57)46(55)47(56)50(49(51)58)67-69(59,60)61)40-64-44(53)38-35-32-29-26-23-20-18-15-16-19-22-25-28-31-34-37-42(2)52/h7-8,10-11,13-14,16,18-21,24-26,28-29,42-43,46-52,55-58H,3-6,9,12,15,17,22-23,27,30-41H2,1-2H3,(H,62,63)(H2,59,60,61)/b8-7-,11-10-,14-13-,19-16-,20-18-,24-21-,28-25-,29-26-/t42-,43-,46?,47?,48?,49?,50-,51+/m1/s1. The van der Waals surface area contributed by atoms with Gasteiger partial charge < -0.3 is 49.7 Å². The maximum absolute atomic E-state index is 13.0. The lowest BCUT2D eigenvalue weighted by atomic mass is 9.85. The van der Waals surface area contributed by atoms with E-state index in [9.17, 15) is 58.9 Å². The molecule has 0 aromatic rings. The van der Waals surface area contributed by atoms with Gasteiger partial charge in [0.05, 0.1) is 12.7 Å². The SMILES string of the molecule is CCCCC/C=C\C/C=C\C/C=C\C/C=C\CCCCCC(=O)O[C@H](COC(=O)CCC/C=C\C/C=C\C/C=C\C/C=C\CCC[C@@H](C)O)COP(=O)(O)O[C@H]1C(O)C(O)C(O)[C@@H](OP(=O)(O)O)C1O. The predicted molar refractivity (Wildman–Crippen MR) is 270 cm³/mol. The van der Waals surface area contributed by atoms with Crippen LogP contribution in [0.25, 0.3) is 0 Å². The minimum atomic E-state index is -5.38. The second-order valence-electron chi connectivity index (χ2n) is 17.1. The largest absolute Gasteiger partial charge is 0.472 e. The van der Waals surface area contributed by atoms with Gasteiger partial charge in [-0.3, -0.25) is 23.2 Å². The van der Waals surface area contributed by atoms with Gasteiger partial charge in [-0.1, -0.05) is 123 Å². The summed E-state index contributed by atoms with van der Waals surface area (Å²) in [6, 6.07) is 0. The predicted octanol–water partition coefficient (Wildman–Crippen LogP) is 8.92. The van der Waals surface area contributed by atoms with Crippen LogP contribution in [0.2, 0.25) is 0 Å². The van der Waals surface area contributed by atoms with E-state index in [2.05, 4.69) is 90.4 Å². The molecule has 0 saturated heterocycles. The normalized spacial score (nSPS) is 22.3. The Bertz CT molecular complexity index is 1730. The van der Waals surface area contributed by atoms with Gasteiger partial charge in [-0.25, -0.2) is 9.13 Å². The van der Waals surface area contributed by atoms with Crippen LogP contribution in [-0.4, -0.2) is 114 Å². The van der Waals surface area contributed by atoms with E-state index in [-0.39, 0.29) is 18.9 Å². The number of carbonyl (C=O) groups is 2. The van der Waals surface area contributed by atoms with Crippen LogP contribution in [0.5, 0.6) is 0 Å². The molecule has 0 heterocycles. The minimum absolute atomic E-state index is 0.0172. The number of phosphoric ester groups is 2. The van der Waals surface area contributed by atoms with E-state index in [4.69, 9.17) is 18.5 Å². The third kappa shape index (κ3) is 35.1. The van der Waals surface area contributed by atoms with Crippen LogP contribution >= 0.6 is 15.6 Å². The van der Waals surface area contributed by atoms with Gasteiger partial charge in [0.1, 0.15) is 43.2 Å². The van der Waals surface area contributed by atoms with Crippen molar-refractivity contribution in [1.82, 2.24) is 0 Å². The molecule has 5 unspecified atom stereocenters. The first-order valence-electron chi connectivity index (χ1n) is 24.8. The highest BCUT2D eigenvalue weighted by molar-refractivity contribution is 7.47. The smallest absolute Gasteiger partial charge is 0.462 e. The molecule has 70 heavy (non-hydrogen) atoms. The average molecular weight is 1030 g/mol. The van der Waals surface area contributed by atoms with Crippen LogP contribution in [0.15, 0.2) is 97.2 Å². The van der Waals surface area contributed by atoms with Gasteiger partial charge >= 0.3 is 27.6 Å². The van der Waals surface area contributed by atoms with Crippen molar-refractivity contribution in [3.63, 3.8) is 0 Å². The lowest BCUT2D eigenvalue weighted by Gasteiger charge is -2.43. The summed E-state index contributed by atoms with van der Waals surface area (Å²) in [4.78, 5) is 54.3. The van der Waals surface area contributed by atoms with E-state index in [0.29, 0.717) is 25.7 Å². The van der Waals surface area contributed by atoms with Crippen LogP contribution in [0.3, 0.4) is 0 Å². The molecular formula is C51H84O17P2. The first-order valence-corrected chi connectivity index (χ1v) is 27.8. The molecule has 400 valence electrons. The number of aliphatic hydroxyl groups excluding tert-OH is 5. The minimum Gasteiger partial charge on any atom is -0.462 e. The topological polar surface area (TPSA) is 276 Å². The van der Waals surface area contributed by atoms with Gasteiger partial charge in [-0.15, -0.1) is 0 Å². The lowest BCUT2D eigenvalue weighted by molar-refractivity contribution is -0.216. The zero-order valence-corrected chi connectivity index (χ0v) is 43.1. The Balaban J connectivity index is 2.64. The van der Waals surface area contributed by atoms with E-state index in [1.54, 1.807) is 6.92 Å². The number of allylic oxidation sites excluding steroid dienone is 16. The average Bonchev–Trinajstić information content (AvgIpc) is 3.30. The maximum Gasteiger partial charge on any atom is 0.472 e. The van der Waals surface area contributed by atoms with Gasteiger partial charge in [-0.2, -0.15) is 0 Å². The number of rotatable bonds is 40. The van der Waals surface area contributed by atoms with Crippen LogP contribution in [0.1, 0.15) is 149 Å². The highest BCUT2D eigenvalue weighted by Gasteiger charge is 2.54. The summed E-state index contributed by atoms with van der Waals surface area (Å²) in [5.74, 6) is -1.33. The molecule has 17 nitrogen and oxygen atoms in total. The monoisotopic (exact) mass is 1030 g/mol. The van der Waals surface area contributed by atoms with Crippen molar-refractivity contribution in [3.8, 4) is 0 Å². The summed E-state index contributed by atoms with van der Waals surface area (Å²) in [5.41, 5.74) is 0. The zero-order valence-electron chi connectivity index (χ0n) is 41.3. The molecule has 1 aliphatic rings. The molecule has 19 heteroatoms. The highest BCUT2D eigenvalue weighted by atomic mass is 31.2. The summed E-state index contributed by atoms with van der Waals surface area (Å²) in [6.45, 7) is 2.55. The molecule has 1 saturated carbocycles. The summed E-state index contributed by atoms with van der Waals surface area (Å²) in [5, 5.41) is 50.6. The number of carbonyl (C=O) groups excluding carboxylic acids is 2. The highest BCUT2D eigenvalue weighted by Crippen LogP contribution is 2.49. The van der Waals surface area contributed by atoms with E-state index in [0.717, 1.165) is 77.0 Å². The van der Waals surface area contributed by atoms with Crippen molar-refractivity contribution >= 4 is 27.6 Å². The molecule has 0 bridgehead atoms. The lowest BCUT2D eigenvalue weighted by Crippen LogP contribution is -2.64. The van der Waals surface area contributed by atoms with Crippen molar-refractivity contribution < 1.29 is 82.0 Å². The van der Waals surface area contributed by atoms with Crippen LogP contribution in [-0.2, 0) is 41.8 Å². The van der Waals surface area contributed by atoms with Gasteiger partial charge in [-0.05, 0) is 110 Å². The maximum atomic E-state index is 13.0. The number of esters is 2. The summed E-state index contributed by atoms with van der Waals surface area (Å²) in [6.07, 6.45) is 34.9. The van der Waals surface area contributed by atoms with Crippen LogP contribution in [0.4, 0.5) is 0 Å². The Morgan fingerprint density at radius 2 is 0.943 bits per heavy atom. The first-order chi connectivity index (χ1) is 33.5. The van der Waals surface area contributed by atoms with Crippen molar-refractivity contribution in [2.24, 2.45) is 0 Å². The second kappa shape index (κ2) is 40.4. The second-order valence-corrected chi connectivity index (χ2v) is 19.7. The van der Waals surface area contributed by atoms with E-state index < -0.39 is 83.5 Å². The molecule has 1 rings (SSSR count). The molecule has 0 spiro atoms. The molecule has 0 amide bonds. The first kappa shape index (κ1) is 64.9. The number of phosphoric acid groups is 2. The van der Waals surface area contributed by atoms with Gasteiger partial charge in [0.25, 0.3) is 0 Å². The van der Waals surface area contributed by atoms with Gasteiger partial charge in [0.2, 0.25) is 0 Å². The number of ether oxygens (including phenoxy) is 2. The number of aliphatic hydroxyl groups is 5. The van der Waals surface area contributed by atoms with E-state index >= 15 is 0 Å². The fraction of sp³-hybridized carbons (Fsp3) is 0.647. The Morgan fingerprint density at radius 1 is 0.514 bits per heavy atom. The summed E-state index contributed by atoms with van der Waals surface area (Å²) >= 11 is 0. The molecular weight excluding hydrogens is 946 g/mol. The molecule has 1 aliphatic carbocycles. The quantitative estimate of drug-likeness (QED) is 0.0123. The Hall–Kier alpha value is -3.12. The third-order valence-electron chi connectivity index (χ3n) is 10.6. The molecule has 0 radical (unpaired) electrons. The van der Waals surface area contributed by atoms with Crippen molar-refractivity contribution in [1.29, 1.82) is 0 Å². The number of unbranched alkanes of at least 4 members (excludes halogenated alkanes) is 8. The van der Waals surface area contributed by atoms with Gasteiger partial charge in [0.15, 0.2) is 6.10 Å². The Kier molecular flexibility index (Phi) is 37.4. The molecule has 0 aromatic heterocycles. The van der Waals surface area contributed by atoms with Crippen molar-refractivity contribution in [2.45, 2.75) is 198 Å². The van der Waals surface area contributed by atoms with Crippen LogP contribution in [0, 0.1) is 0 Å². The van der Waals surface area contributed by atoms with Crippen molar-refractivity contribution in [3.05, 3.63) is 97.2 Å². The fourth-order valence-electron chi connectivity index (χ4n) is 6.78. The molecule has 9 atom stereocenters. The van der Waals surface area contributed by atoms with Crippen LogP contribution < -0.4 is 0 Å². The van der Waals surface area contributed by atoms with E-state index in [1.165, 1.54) is 19.3 Å². The zero-order chi connectivity index (χ0) is 51.9. The number of hydrogen-bond donors (Lipinski definition) is 8. The summed E-state index contributed by atoms with van der Waals surface area (Å²) in [7, 11) is -10.7. The molecule has 8 N–H and O–H groups in total. The Labute approximate surface area is 416 Å².